The minimum atomic E-state index is 0.308. The molecule has 2 rings (SSSR count). The minimum absolute atomic E-state index is 0.308. The summed E-state index contributed by atoms with van der Waals surface area (Å²) in [5.74, 6) is 0.997. The van der Waals surface area contributed by atoms with Gasteiger partial charge in [0.2, 0.25) is 0 Å². The van der Waals surface area contributed by atoms with Gasteiger partial charge in [0.15, 0.2) is 0 Å². The van der Waals surface area contributed by atoms with Crippen LogP contribution in [0.2, 0.25) is 0 Å². The monoisotopic (exact) mass is 266 g/mol. The summed E-state index contributed by atoms with van der Waals surface area (Å²) >= 11 is 1.88. The molecule has 0 aromatic carbocycles. The molecule has 0 spiro atoms. The van der Waals surface area contributed by atoms with Gasteiger partial charge < -0.3 is 15.4 Å². The topological polar surface area (TPSA) is 33.3 Å². The maximum absolute atomic E-state index is 5.89. The normalized spacial score (nSPS) is 29.9. The van der Waals surface area contributed by atoms with Crippen molar-refractivity contribution in [2.45, 2.75) is 25.4 Å². The molecule has 2 heterocycles. The van der Waals surface area contributed by atoms with Crippen molar-refractivity contribution in [3.05, 3.63) is 34.9 Å². The Morgan fingerprint density at radius 2 is 2.50 bits per heavy atom. The molecule has 0 radical (unpaired) electrons. The molecule has 0 fully saturated rings. The highest BCUT2D eigenvalue weighted by Crippen LogP contribution is 2.29. The van der Waals surface area contributed by atoms with Crippen LogP contribution in [0.25, 0.3) is 0 Å². The molecule has 0 saturated heterocycles. The van der Waals surface area contributed by atoms with Crippen molar-refractivity contribution in [1.29, 1.82) is 0 Å². The first-order chi connectivity index (χ1) is 8.90. The Kier molecular flexibility index (Phi) is 5.84. The maximum atomic E-state index is 5.89. The zero-order valence-corrected chi connectivity index (χ0v) is 11.8. The number of rotatable bonds is 3. The number of likely N-dealkylation sites (N-methyl/N-ethyl adjacent to an activating group) is 1. The number of thioether (sulfide) groups is 1. The Labute approximate surface area is 114 Å². The largest absolute Gasteiger partial charge is 0.381 e. The highest BCUT2D eigenvalue weighted by atomic mass is 32.2. The third-order valence-corrected chi connectivity index (χ3v) is 4.07. The van der Waals surface area contributed by atoms with E-state index in [2.05, 4.69) is 35.1 Å². The van der Waals surface area contributed by atoms with Crippen LogP contribution < -0.4 is 10.6 Å². The maximum Gasteiger partial charge on any atom is 0.0733 e. The summed E-state index contributed by atoms with van der Waals surface area (Å²) in [4.78, 5) is 1.38. The number of hydrogen-bond acceptors (Lipinski definition) is 4. The van der Waals surface area contributed by atoms with E-state index in [1.165, 1.54) is 10.5 Å². The molecule has 0 aromatic heterocycles. The molecule has 2 aliphatic heterocycles. The number of allylic oxidation sites excluding steroid dienone is 3. The van der Waals surface area contributed by atoms with Gasteiger partial charge in [-0.1, -0.05) is 18.2 Å². The first-order valence-electron chi connectivity index (χ1n) is 6.59. The van der Waals surface area contributed by atoms with Crippen molar-refractivity contribution in [1.82, 2.24) is 10.6 Å². The minimum Gasteiger partial charge on any atom is -0.381 e. The van der Waals surface area contributed by atoms with E-state index in [1.807, 2.05) is 18.8 Å². The van der Waals surface area contributed by atoms with Crippen molar-refractivity contribution in [2.24, 2.45) is 0 Å². The first kappa shape index (κ1) is 13.7. The van der Waals surface area contributed by atoms with Crippen LogP contribution in [-0.2, 0) is 4.74 Å². The van der Waals surface area contributed by atoms with Crippen LogP contribution in [0.4, 0.5) is 0 Å². The van der Waals surface area contributed by atoms with Gasteiger partial charge in [0.1, 0.15) is 0 Å². The molecule has 0 aromatic rings. The van der Waals surface area contributed by atoms with Crippen LogP contribution >= 0.6 is 11.8 Å². The predicted octanol–water partition coefficient (Wildman–Crippen LogP) is 2.39. The van der Waals surface area contributed by atoms with E-state index in [9.17, 15) is 0 Å². The SMILES string of the molecule is CNCC1C/C=C\C=C(\C2=CNCS2)CCCO1. The molecule has 0 bridgehead atoms. The number of ether oxygens (including phenoxy) is 1. The van der Waals surface area contributed by atoms with Gasteiger partial charge in [-0.15, -0.1) is 11.8 Å². The molecule has 2 N–H and O–H groups in total. The van der Waals surface area contributed by atoms with Crippen LogP contribution in [0.5, 0.6) is 0 Å². The van der Waals surface area contributed by atoms with E-state index in [1.54, 1.807) is 0 Å². The third kappa shape index (κ3) is 4.19. The summed E-state index contributed by atoms with van der Waals surface area (Å²) in [6.45, 7) is 1.77. The van der Waals surface area contributed by atoms with E-state index in [0.717, 1.165) is 38.3 Å². The summed E-state index contributed by atoms with van der Waals surface area (Å²) in [5.41, 5.74) is 1.43. The highest BCUT2D eigenvalue weighted by molar-refractivity contribution is 8.03. The van der Waals surface area contributed by atoms with Gasteiger partial charge in [-0.2, -0.15) is 0 Å². The average Bonchev–Trinajstić information content (AvgIpc) is 2.91. The Morgan fingerprint density at radius 1 is 1.56 bits per heavy atom. The van der Waals surface area contributed by atoms with Gasteiger partial charge in [-0.3, -0.25) is 0 Å². The quantitative estimate of drug-likeness (QED) is 0.822. The van der Waals surface area contributed by atoms with Crippen molar-refractivity contribution >= 4 is 11.8 Å². The average molecular weight is 266 g/mol. The van der Waals surface area contributed by atoms with Crippen LogP contribution in [0.15, 0.2) is 34.9 Å². The van der Waals surface area contributed by atoms with Crippen molar-refractivity contribution in [3.63, 3.8) is 0 Å². The van der Waals surface area contributed by atoms with E-state index in [4.69, 9.17) is 4.74 Å². The van der Waals surface area contributed by atoms with Gasteiger partial charge in [0.25, 0.3) is 0 Å². The first-order valence-corrected chi connectivity index (χ1v) is 7.57. The second-order valence-electron chi connectivity index (χ2n) is 4.51. The molecule has 0 saturated carbocycles. The van der Waals surface area contributed by atoms with Gasteiger partial charge >= 0.3 is 0 Å². The van der Waals surface area contributed by atoms with E-state index in [-0.39, 0.29) is 0 Å². The van der Waals surface area contributed by atoms with Crippen LogP contribution in [0.3, 0.4) is 0 Å². The van der Waals surface area contributed by atoms with Crippen LogP contribution in [-0.4, -0.2) is 32.2 Å². The lowest BCUT2D eigenvalue weighted by atomic mass is 10.1. The Morgan fingerprint density at radius 3 is 3.28 bits per heavy atom. The molecule has 3 nitrogen and oxygen atoms in total. The summed E-state index contributed by atoms with van der Waals surface area (Å²) in [7, 11) is 1.97. The fraction of sp³-hybridized carbons (Fsp3) is 0.571. The molecule has 100 valence electrons. The molecule has 0 aliphatic carbocycles. The number of hydrogen-bond donors (Lipinski definition) is 2. The molecular weight excluding hydrogens is 244 g/mol. The van der Waals surface area contributed by atoms with Crippen LogP contribution in [0.1, 0.15) is 19.3 Å². The lowest BCUT2D eigenvalue weighted by molar-refractivity contribution is 0.0550. The molecule has 2 aliphatic rings. The number of nitrogens with one attached hydrogen (secondary N) is 2. The van der Waals surface area contributed by atoms with Crippen LogP contribution in [0, 0.1) is 0 Å². The zero-order chi connectivity index (χ0) is 12.6. The molecule has 1 atom stereocenters. The van der Waals surface area contributed by atoms with Crippen molar-refractivity contribution < 1.29 is 4.74 Å². The van der Waals surface area contributed by atoms with Gasteiger partial charge in [-0.25, -0.2) is 0 Å². The molecular formula is C14H22N2OS. The van der Waals surface area contributed by atoms with E-state index in [0.29, 0.717) is 6.10 Å². The molecule has 1 unspecified atom stereocenters. The van der Waals surface area contributed by atoms with Gasteiger partial charge in [0.05, 0.1) is 12.0 Å². The standard InChI is InChI=1S/C14H22N2OS/c1-15-9-13-7-3-2-5-12(6-4-8-17-13)14-10-16-11-18-14/h2-3,5,10,13,15-16H,4,6-9,11H2,1H3/b3-2-,12-5+. The summed E-state index contributed by atoms with van der Waals surface area (Å²) in [5, 5.41) is 6.43. The molecule has 18 heavy (non-hydrogen) atoms. The molecule has 4 heteroatoms. The van der Waals surface area contributed by atoms with E-state index < -0.39 is 0 Å². The smallest absolute Gasteiger partial charge is 0.0733 e. The Bertz CT molecular complexity index is 350. The second kappa shape index (κ2) is 7.67. The summed E-state index contributed by atoms with van der Waals surface area (Å²) < 4.78 is 5.89. The lowest BCUT2D eigenvalue weighted by Gasteiger charge is -2.17. The third-order valence-electron chi connectivity index (χ3n) is 3.07. The second-order valence-corrected chi connectivity index (χ2v) is 5.53. The zero-order valence-electron chi connectivity index (χ0n) is 10.9. The van der Waals surface area contributed by atoms with Gasteiger partial charge in [-0.05, 0) is 31.9 Å². The van der Waals surface area contributed by atoms with Crippen molar-refractivity contribution in [3.8, 4) is 0 Å². The van der Waals surface area contributed by atoms with Gasteiger partial charge in [0, 0.05) is 24.3 Å². The van der Waals surface area contributed by atoms with Crippen molar-refractivity contribution in [2.75, 3.05) is 26.1 Å². The fourth-order valence-corrected chi connectivity index (χ4v) is 2.98. The van der Waals surface area contributed by atoms with E-state index >= 15 is 0 Å². The fourth-order valence-electron chi connectivity index (χ4n) is 2.13. The molecule has 0 amide bonds. The summed E-state index contributed by atoms with van der Waals surface area (Å²) in [6, 6.07) is 0. The predicted molar refractivity (Wildman–Crippen MR) is 78.4 cm³/mol. The Balaban J connectivity index is 1.97. The Hall–Kier alpha value is -0.710. The summed E-state index contributed by atoms with van der Waals surface area (Å²) in [6.07, 6.45) is 12.2. The highest BCUT2D eigenvalue weighted by Gasteiger charge is 2.12. The lowest BCUT2D eigenvalue weighted by Crippen LogP contribution is -2.26.